The van der Waals surface area contributed by atoms with Gasteiger partial charge in [0.15, 0.2) is 0 Å². The maximum Gasteiger partial charge on any atom is 0.251 e. The van der Waals surface area contributed by atoms with Crippen LogP contribution in [0.15, 0.2) is 48.5 Å². The van der Waals surface area contributed by atoms with Gasteiger partial charge >= 0.3 is 0 Å². The van der Waals surface area contributed by atoms with Gasteiger partial charge in [0.05, 0.1) is 0 Å². The van der Waals surface area contributed by atoms with Gasteiger partial charge in [0.25, 0.3) is 5.91 Å². The second-order valence-corrected chi connectivity index (χ2v) is 5.75. The van der Waals surface area contributed by atoms with Crippen molar-refractivity contribution in [2.24, 2.45) is 0 Å². The fourth-order valence-electron chi connectivity index (χ4n) is 2.28. The molecule has 0 radical (unpaired) electrons. The number of rotatable bonds is 8. The summed E-state index contributed by atoms with van der Waals surface area (Å²) in [5.41, 5.74) is 8.39. The molecule has 0 atom stereocenters. The Balaban J connectivity index is 1.69. The first-order chi connectivity index (χ1) is 11.6. The average Bonchev–Trinajstić information content (AvgIpc) is 2.61. The van der Waals surface area contributed by atoms with E-state index in [2.05, 4.69) is 29.4 Å². The number of nitrogens with two attached hydrogens (primary N) is 1. The van der Waals surface area contributed by atoms with Crippen LogP contribution in [0.1, 0.15) is 15.9 Å². The van der Waals surface area contributed by atoms with E-state index in [0.29, 0.717) is 12.2 Å². The molecular weight excluding hydrogens is 302 g/mol. The van der Waals surface area contributed by atoms with Crippen molar-refractivity contribution >= 4 is 11.6 Å². The Hall–Kier alpha value is -2.53. The molecule has 0 spiro atoms. The number of hydrogen-bond acceptors (Lipinski definition) is 4. The van der Waals surface area contributed by atoms with Gasteiger partial charge < -0.3 is 20.7 Å². The molecule has 3 N–H and O–H groups in total. The van der Waals surface area contributed by atoms with Crippen molar-refractivity contribution in [3.05, 3.63) is 59.7 Å². The average molecular weight is 327 g/mol. The summed E-state index contributed by atoms with van der Waals surface area (Å²) >= 11 is 0. The zero-order valence-corrected chi connectivity index (χ0v) is 14.3. The van der Waals surface area contributed by atoms with Crippen LogP contribution in [0.2, 0.25) is 0 Å². The van der Waals surface area contributed by atoms with Crippen LogP contribution in [0.5, 0.6) is 5.75 Å². The highest BCUT2D eigenvalue weighted by atomic mass is 16.5. The highest BCUT2D eigenvalue weighted by Crippen LogP contribution is 2.12. The van der Waals surface area contributed by atoms with Gasteiger partial charge in [0.1, 0.15) is 12.4 Å². The number of carbonyl (C=O) groups is 1. The number of nitrogen functional groups attached to an aromatic ring is 1. The Bertz CT molecular complexity index is 639. The zero-order chi connectivity index (χ0) is 17.4. The van der Waals surface area contributed by atoms with Gasteiger partial charge in [-0.3, -0.25) is 4.79 Å². The topological polar surface area (TPSA) is 67.6 Å². The van der Waals surface area contributed by atoms with Crippen molar-refractivity contribution in [2.45, 2.75) is 6.42 Å². The van der Waals surface area contributed by atoms with Gasteiger partial charge in [-0.15, -0.1) is 0 Å². The van der Waals surface area contributed by atoms with Gasteiger partial charge in [-0.05, 0) is 55.4 Å². The van der Waals surface area contributed by atoms with Crippen LogP contribution in [-0.4, -0.2) is 44.6 Å². The largest absolute Gasteiger partial charge is 0.492 e. The molecule has 2 rings (SSSR count). The number of ether oxygens (including phenoxy) is 1. The highest BCUT2D eigenvalue weighted by Gasteiger charge is 2.04. The molecule has 24 heavy (non-hydrogen) atoms. The van der Waals surface area contributed by atoms with E-state index in [-0.39, 0.29) is 5.91 Å². The molecule has 0 aromatic heterocycles. The fourth-order valence-corrected chi connectivity index (χ4v) is 2.28. The van der Waals surface area contributed by atoms with Crippen LogP contribution in [0.4, 0.5) is 5.69 Å². The van der Waals surface area contributed by atoms with Crippen molar-refractivity contribution in [2.75, 3.05) is 39.5 Å². The molecule has 5 heteroatoms. The molecule has 0 aliphatic rings. The minimum atomic E-state index is -0.0936. The summed E-state index contributed by atoms with van der Waals surface area (Å²) in [5.74, 6) is 0.679. The van der Waals surface area contributed by atoms with Crippen molar-refractivity contribution < 1.29 is 9.53 Å². The van der Waals surface area contributed by atoms with E-state index in [4.69, 9.17) is 10.5 Å². The first kappa shape index (κ1) is 17.8. The smallest absolute Gasteiger partial charge is 0.251 e. The van der Waals surface area contributed by atoms with Gasteiger partial charge in [-0.2, -0.15) is 0 Å². The van der Waals surface area contributed by atoms with Crippen molar-refractivity contribution in [1.82, 2.24) is 10.2 Å². The Morgan fingerprint density at radius 3 is 2.38 bits per heavy atom. The molecule has 0 unspecified atom stereocenters. The van der Waals surface area contributed by atoms with Crippen LogP contribution in [0.3, 0.4) is 0 Å². The van der Waals surface area contributed by atoms with E-state index >= 15 is 0 Å². The lowest BCUT2D eigenvalue weighted by atomic mass is 10.1. The summed E-state index contributed by atoms with van der Waals surface area (Å²) in [6, 6.07) is 15.2. The number of nitrogens with zero attached hydrogens (tertiary/aromatic N) is 1. The van der Waals surface area contributed by atoms with E-state index < -0.39 is 0 Å². The molecule has 0 saturated heterocycles. The van der Waals surface area contributed by atoms with Gasteiger partial charge in [-0.25, -0.2) is 0 Å². The molecule has 2 aromatic rings. The summed E-state index contributed by atoms with van der Waals surface area (Å²) < 4.78 is 5.72. The van der Waals surface area contributed by atoms with E-state index in [1.165, 1.54) is 5.56 Å². The highest BCUT2D eigenvalue weighted by molar-refractivity contribution is 5.94. The quantitative estimate of drug-likeness (QED) is 0.729. The van der Waals surface area contributed by atoms with Gasteiger partial charge in [0, 0.05) is 31.4 Å². The molecule has 0 aliphatic heterocycles. The van der Waals surface area contributed by atoms with Crippen LogP contribution >= 0.6 is 0 Å². The number of benzene rings is 2. The number of amides is 1. The number of anilines is 1. The second-order valence-electron chi connectivity index (χ2n) is 5.75. The lowest BCUT2D eigenvalue weighted by Crippen LogP contribution is -2.26. The molecule has 0 saturated carbocycles. The van der Waals surface area contributed by atoms with E-state index in [1.54, 1.807) is 19.2 Å². The summed E-state index contributed by atoms with van der Waals surface area (Å²) in [6.07, 6.45) is 0.984. The first-order valence-corrected chi connectivity index (χ1v) is 8.06. The molecular formula is C19H25N3O2. The number of likely N-dealkylation sites (N-methyl/N-ethyl adjacent to an activating group) is 1. The van der Waals surface area contributed by atoms with Gasteiger partial charge in [-0.1, -0.05) is 12.1 Å². The number of carbonyl (C=O) groups excluding carboxylic acids is 1. The number of nitrogens with one attached hydrogen (secondary N) is 1. The zero-order valence-electron chi connectivity index (χ0n) is 14.3. The molecule has 0 aliphatic carbocycles. The predicted octanol–water partition coefficient (Wildman–Crippen LogP) is 2.18. The van der Waals surface area contributed by atoms with Crippen LogP contribution in [0.25, 0.3) is 0 Å². The first-order valence-electron chi connectivity index (χ1n) is 8.06. The van der Waals surface area contributed by atoms with Gasteiger partial charge in [0.2, 0.25) is 0 Å². The van der Waals surface area contributed by atoms with Crippen molar-refractivity contribution in [3.8, 4) is 5.75 Å². The van der Waals surface area contributed by atoms with Crippen LogP contribution in [-0.2, 0) is 6.42 Å². The SMILES string of the molecule is CNC(=O)c1ccc(OCCN(C)CCc2ccc(N)cc2)cc1. The second kappa shape index (κ2) is 8.93. The summed E-state index contributed by atoms with van der Waals surface area (Å²) in [6.45, 7) is 2.41. The Kier molecular flexibility index (Phi) is 6.63. The maximum absolute atomic E-state index is 11.5. The molecule has 5 nitrogen and oxygen atoms in total. The monoisotopic (exact) mass is 327 g/mol. The standard InChI is InChI=1S/C19H25N3O2/c1-21-19(23)16-5-9-18(10-6-16)24-14-13-22(2)12-11-15-3-7-17(20)8-4-15/h3-10H,11-14,20H2,1-2H3,(H,21,23). The molecule has 0 bridgehead atoms. The molecule has 0 fully saturated rings. The summed E-state index contributed by atoms with van der Waals surface area (Å²) in [4.78, 5) is 13.7. The van der Waals surface area contributed by atoms with E-state index in [9.17, 15) is 4.79 Å². The Labute approximate surface area is 143 Å². The van der Waals surface area contributed by atoms with E-state index in [1.807, 2.05) is 24.3 Å². The summed E-state index contributed by atoms with van der Waals surface area (Å²) in [7, 11) is 3.70. The Morgan fingerprint density at radius 2 is 1.75 bits per heavy atom. The normalized spacial score (nSPS) is 10.6. The van der Waals surface area contributed by atoms with Crippen LogP contribution < -0.4 is 15.8 Å². The fraction of sp³-hybridized carbons (Fsp3) is 0.316. The van der Waals surface area contributed by atoms with E-state index in [0.717, 1.165) is 30.9 Å². The number of hydrogen-bond donors (Lipinski definition) is 2. The minimum Gasteiger partial charge on any atom is -0.492 e. The Morgan fingerprint density at radius 1 is 1.08 bits per heavy atom. The van der Waals surface area contributed by atoms with Crippen molar-refractivity contribution in [1.29, 1.82) is 0 Å². The third-order valence-electron chi connectivity index (χ3n) is 3.85. The third kappa shape index (κ3) is 5.59. The molecule has 2 aromatic carbocycles. The van der Waals surface area contributed by atoms with Crippen molar-refractivity contribution in [3.63, 3.8) is 0 Å². The lowest BCUT2D eigenvalue weighted by molar-refractivity contribution is 0.0963. The molecule has 1 amide bonds. The maximum atomic E-state index is 11.5. The molecule has 0 heterocycles. The van der Waals surface area contributed by atoms with Crippen LogP contribution in [0, 0.1) is 0 Å². The minimum absolute atomic E-state index is 0.0936. The third-order valence-corrected chi connectivity index (χ3v) is 3.85. The predicted molar refractivity (Wildman–Crippen MR) is 97.4 cm³/mol. The lowest BCUT2D eigenvalue weighted by Gasteiger charge is -2.17. The summed E-state index contributed by atoms with van der Waals surface area (Å²) in [5, 5.41) is 2.60. The molecule has 128 valence electrons.